The molecule has 1 aliphatic heterocycles. The third kappa shape index (κ3) is 6.74. The van der Waals surface area contributed by atoms with Crippen molar-refractivity contribution in [2.45, 2.75) is 38.0 Å². The number of para-hydroxylation sites is 1. The lowest BCUT2D eigenvalue weighted by atomic mass is 9.95. The lowest BCUT2D eigenvalue weighted by Gasteiger charge is -2.31. The van der Waals surface area contributed by atoms with E-state index in [1.807, 2.05) is 29.1 Å². The summed E-state index contributed by atoms with van der Waals surface area (Å²) in [6.45, 7) is 4.13. The van der Waals surface area contributed by atoms with Crippen molar-refractivity contribution in [1.82, 2.24) is 14.7 Å². The molecule has 4 rings (SSSR count). The van der Waals surface area contributed by atoms with Crippen LogP contribution in [0.3, 0.4) is 0 Å². The number of hydrogen-bond donors (Lipinski definition) is 0. The Bertz CT molecular complexity index is 1060. The summed E-state index contributed by atoms with van der Waals surface area (Å²) in [6.07, 6.45) is 6.31. The summed E-state index contributed by atoms with van der Waals surface area (Å²) in [5, 5.41) is 4.19. The molecule has 1 aliphatic rings. The first-order valence-electron chi connectivity index (χ1n) is 12.0. The number of benzene rings is 2. The van der Waals surface area contributed by atoms with Crippen molar-refractivity contribution in [2.75, 3.05) is 40.5 Å². The van der Waals surface area contributed by atoms with Crippen LogP contribution in [-0.4, -0.2) is 60.8 Å². The zero-order valence-electron chi connectivity index (χ0n) is 20.5. The van der Waals surface area contributed by atoms with Crippen LogP contribution in [0.1, 0.15) is 24.8 Å². The molecule has 1 atom stereocenters. The zero-order valence-corrected chi connectivity index (χ0v) is 20.5. The second kappa shape index (κ2) is 12.0. The summed E-state index contributed by atoms with van der Waals surface area (Å²) in [5.74, 6) is 1.37. The van der Waals surface area contributed by atoms with Crippen LogP contribution in [0.5, 0.6) is 17.2 Å². The maximum Gasteiger partial charge on any atom is 0.165 e. The van der Waals surface area contributed by atoms with Gasteiger partial charge >= 0.3 is 0 Å². The van der Waals surface area contributed by atoms with Crippen LogP contribution >= 0.6 is 0 Å². The Morgan fingerprint density at radius 1 is 0.971 bits per heavy atom. The van der Waals surface area contributed by atoms with E-state index in [2.05, 4.69) is 16.1 Å². The minimum Gasteiger partial charge on any atom is -0.493 e. The average molecular weight is 484 g/mol. The Morgan fingerprint density at radius 2 is 1.86 bits per heavy atom. The highest BCUT2D eigenvalue weighted by molar-refractivity contribution is 5.43. The fourth-order valence-electron chi connectivity index (χ4n) is 4.43. The minimum absolute atomic E-state index is 0.268. The zero-order chi connectivity index (χ0) is 24.5. The molecule has 8 heteroatoms. The second-order valence-electron chi connectivity index (χ2n) is 8.84. The van der Waals surface area contributed by atoms with Crippen LogP contribution in [0.4, 0.5) is 4.39 Å². The third-order valence-electron chi connectivity index (χ3n) is 6.52. The number of ether oxygens (including phenoxy) is 4. The van der Waals surface area contributed by atoms with E-state index in [-0.39, 0.29) is 11.6 Å². The number of likely N-dealkylation sites (tertiary alicyclic amines) is 1. The average Bonchev–Trinajstić information content (AvgIpc) is 3.32. The topological polar surface area (TPSA) is 58.0 Å². The summed E-state index contributed by atoms with van der Waals surface area (Å²) >= 11 is 0. The van der Waals surface area contributed by atoms with Gasteiger partial charge in [-0.15, -0.1) is 0 Å². The first kappa shape index (κ1) is 25.0. The molecule has 1 aromatic heterocycles. The van der Waals surface area contributed by atoms with Gasteiger partial charge in [-0.05, 0) is 61.7 Å². The highest BCUT2D eigenvalue weighted by atomic mass is 19.1. The summed E-state index contributed by atoms with van der Waals surface area (Å²) in [6, 6.07) is 14.5. The molecule has 3 aromatic rings. The van der Waals surface area contributed by atoms with E-state index < -0.39 is 5.60 Å². The van der Waals surface area contributed by atoms with Crippen LogP contribution in [0, 0.1) is 5.82 Å². The van der Waals surface area contributed by atoms with Crippen LogP contribution < -0.4 is 14.2 Å². The van der Waals surface area contributed by atoms with Gasteiger partial charge in [0.05, 0.1) is 13.7 Å². The monoisotopic (exact) mass is 483 g/mol. The number of halogens is 1. The molecule has 1 fully saturated rings. The third-order valence-corrected chi connectivity index (χ3v) is 6.52. The minimum atomic E-state index is -0.430. The molecular formula is C27H34FN3O4. The van der Waals surface area contributed by atoms with Gasteiger partial charge < -0.3 is 18.9 Å². The van der Waals surface area contributed by atoms with Gasteiger partial charge in [0.2, 0.25) is 0 Å². The van der Waals surface area contributed by atoms with Crippen molar-refractivity contribution in [2.24, 2.45) is 0 Å². The SMILES string of the molecule is COc1cc(CN2CCC[C@](COc3ccccc3F)(OC)CC2)ccc1OCCn1cccn1. The van der Waals surface area contributed by atoms with Crippen molar-refractivity contribution in [3.05, 3.63) is 72.3 Å². The maximum atomic E-state index is 14.0. The van der Waals surface area contributed by atoms with Crippen molar-refractivity contribution in [1.29, 1.82) is 0 Å². The van der Waals surface area contributed by atoms with Crippen LogP contribution in [0.25, 0.3) is 0 Å². The van der Waals surface area contributed by atoms with Gasteiger partial charge in [-0.1, -0.05) is 18.2 Å². The molecular weight excluding hydrogens is 449 g/mol. The van der Waals surface area contributed by atoms with Gasteiger partial charge in [-0.25, -0.2) is 4.39 Å². The largest absolute Gasteiger partial charge is 0.493 e. The van der Waals surface area contributed by atoms with E-state index >= 15 is 0 Å². The van der Waals surface area contributed by atoms with Gasteiger partial charge in [-0.3, -0.25) is 9.58 Å². The lowest BCUT2D eigenvalue weighted by molar-refractivity contribution is -0.0548. The molecule has 0 saturated carbocycles. The maximum absolute atomic E-state index is 14.0. The number of nitrogens with zero attached hydrogens (tertiary/aromatic N) is 3. The van der Waals surface area contributed by atoms with Crippen LogP contribution in [-0.2, 0) is 17.8 Å². The Hall–Kier alpha value is -3.10. The van der Waals surface area contributed by atoms with Crippen molar-refractivity contribution >= 4 is 0 Å². The lowest BCUT2D eigenvalue weighted by Crippen LogP contribution is -2.39. The van der Waals surface area contributed by atoms with Crippen LogP contribution in [0.15, 0.2) is 60.9 Å². The Balaban J connectivity index is 1.32. The van der Waals surface area contributed by atoms with Gasteiger partial charge in [0.15, 0.2) is 23.1 Å². The molecule has 2 aromatic carbocycles. The predicted octanol–water partition coefficient (Wildman–Crippen LogP) is 4.56. The molecule has 1 saturated heterocycles. The molecule has 0 bridgehead atoms. The van der Waals surface area contributed by atoms with Crippen LogP contribution in [0.2, 0.25) is 0 Å². The predicted molar refractivity (Wildman–Crippen MR) is 131 cm³/mol. The molecule has 0 spiro atoms. The Labute approximate surface area is 206 Å². The van der Waals surface area contributed by atoms with E-state index in [0.717, 1.165) is 56.0 Å². The quantitative estimate of drug-likeness (QED) is 0.399. The van der Waals surface area contributed by atoms with Crippen molar-refractivity contribution in [3.8, 4) is 17.2 Å². The molecule has 0 radical (unpaired) electrons. The number of methoxy groups -OCH3 is 2. The molecule has 35 heavy (non-hydrogen) atoms. The van der Waals surface area contributed by atoms with E-state index in [1.165, 1.54) is 6.07 Å². The molecule has 2 heterocycles. The fourth-order valence-corrected chi connectivity index (χ4v) is 4.43. The molecule has 7 nitrogen and oxygen atoms in total. The number of aromatic nitrogens is 2. The first-order chi connectivity index (χ1) is 17.1. The Kier molecular flexibility index (Phi) is 8.60. The van der Waals surface area contributed by atoms with Gasteiger partial charge in [0.25, 0.3) is 0 Å². The highest BCUT2D eigenvalue weighted by Crippen LogP contribution is 2.31. The molecule has 0 N–H and O–H groups in total. The van der Waals surface area contributed by atoms with Gasteiger partial charge in [-0.2, -0.15) is 5.10 Å². The van der Waals surface area contributed by atoms with Gasteiger partial charge in [0, 0.05) is 32.6 Å². The summed E-state index contributed by atoms with van der Waals surface area (Å²) in [4.78, 5) is 2.41. The van der Waals surface area contributed by atoms with E-state index in [9.17, 15) is 4.39 Å². The summed E-state index contributed by atoms with van der Waals surface area (Å²) < 4.78 is 39.1. The molecule has 0 aliphatic carbocycles. The normalized spacial score (nSPS) is 18.7. The summed E-state index contributed by atoms with van der Waals surface area (Å²) in [5.41, 5.74) is 0.731. The van der Waals surface area contributed by atoms with Crippen molar-refractivity contribution < 1.29 is 23.3 Å². The number of hydrogen-bond acceptors (Lipinski definition) is 6. The van der Waals surface area contributed by atoms with Gasteiger partial charge in [0.1, 0.15) is 18.8 Å². The molecule has 0 amide bonds. The number of rotatable bonds is 11. The van der Waals surface area contributed by atoms with E-state index in [0.29, 0.717) is 19.8 Å². The first-order valence-corrected chi connectivity index (χ1v) is 12.0. The van der Waals surface area contributed by atoms with E-state index in [1.54, 1.807) is 38.6 Å². The smallest absolute Gasteiger partial charge is 0.165 e. The fraction of sp³-hybridized carbons (Fsp3) is 0.444. The second-order valence-corrected chi connectivity index (χ2v) is 8.84. The van der Waals surface area contributed by atoms with E-state index in [4.69, 9.17) is 18.9 Å². The Morgan fingerprint density at radius 3 is 2.63 bits per heavy atom. The molecule has 188 valence electrons. The highest BCUT2D eigenvalue weighted by Gasteiger charge is 2.34. The van der Waals surface area contributed by atoms with Crippen molar-refractivity contribution in [3.63, 3.8) is 0 Å². The standard InChI is InChI=1S/C27H34FN3O4/c1-32-26-19-22(9-10-25(26)34-18-17-31-15-6-13-29-31)20-30-14-5-11-27(33-2,12-16-30)21-35-24-8-4-3-7-23(24)28/h3-4,6-10,13,15,19H,5,11-12,14,16-18,20-21H2,1-2H3/t27-/m0/s1. The molecule has 0 unspecified atom stereocenters. The summed E-state index contributed by atoms with van der Waals surface area (Å²) in [7, 11) is 3.38.